The Hall–Kier alpha value is -2.23. The molecule has 0 radical (unpaired) electrons. The number of aromatic nitrogens is 1. The number of rotatable bonds is 4. The van der Waals surface area contributed by atoms with E-state index in [1.807, 2.05) is 45.5 Å². The lowest BCUT2D eigenvalue weighted by molar-refractivity contribution is 1.13. The molecule has 2 rings (SSSR count). The molecule has 18 heavy (non-hydrogen) atoms. The first-order chi connectivity index (χ1) is 8.70. The summed E-state index contributed by atoms with van der Waals surface area (Å²) in [4.78, 5) is 6.27. The average Bonchev–Trinajstić information content (AvgIpc) is 2.39. The molecule has 0 atom stereocenters. The number of para-hydroxylation sites is 2. The molecule has 0 aliphatic carbocycles. The number of hydrogen-bond donors (Lipinski definition) is 2. The van der Waals surface area contributed by atoms with Gasteiger partial charge in [0.1, 0.15) is 0 Å². The van der Waals surface area contributed by atoms with Gasteiger partial charge in [0, 0.05) is 21.1 Å². The molecule has 94 valence electrons. The Morgan fingerprint density at radius 2 is 1.78 bits per heavy atom. The average molecular weight is 242 g/mol. The van der Waals surface area contributed by atoms with E-state index in [1.54, 1.807) is 6.20 Å². The number of nitrogens with one attached hydrogen (secondary N) is 2. The van der Waals surface area contributed by atoms with Crippen molar-refractivity contribution in [2.75, 3.05) is 36.7 Å². The first-order valence-electron chi connectivity index (χ1n) is 5.87. The lowest BCUT2D eigenvalue weighted by atomic mass is 10.2. The van der Waals surface area contributed by atoms with Crippen molar-refractivity contribution in [3.05, 3.63) is 42.7 Å². The second-order valence-electron chi connectivity index (χ2n) is 4.25. The van der Waals surface area contributed by atoms with Crippen LogP contribution in [0.3, 0.4) is 0 Å². The number of benzene rings is 1. The highest BCUT2D eigenvalue weighted by atomic mass is 15.1. The molecular formula is C14H18N4. The van der Waals surface area contributed by atoms with Crippen LogP contribution >= 0.6 is 0 Å². The summed E-state index contributed by atoms with van der Waals surface area (Å²) in [6.07, 6.45) is 3.61. The standard InChI is InChI=1S/C14H18N4/c1-15-11-8-12(10-16-9-11)17-13-6-4-5-7-14(13)18(2)3/h4-10,15,17H,1-3H3. The molecule has 2 N–H and O–H groups in total. The van der Waals surface area contributed by atoms with Gasteiger partial charge in [-0.25, -0.2) is 0 Å². The first kappa shape index (κ1) is 12.2. The summed E-state index contributed by atoms with van der Waals surface area (Å²) in [5, 5.41) is 6.46. The molecule has 0 saturated heterocycles. The summed E-state index contributed by atoms with van der Waals surface area (Å²) < 4.78 is 0. The first-order valence-corrected chi connectivity index (χ1v) is 5.87. The Morgan fingerprint density at radius 3 is 2.50 bits per heavy atom. The van der Waals surface area contributed by atoms with E-state index in [-0.39, 0.29) is 0 Å². The summed E-state index contributed by atoms with van der Waals surface area (Å²) in [7, 11) is 5.94. The van der Waals surface area contributed by atoms with Crippen LogP contribution < -0.4 is 15.5 Å². The summed E-state index contributed by atoms with van der Waals surface area (Å²) >= 11 is 0. The Labute approximate surface area is 108 Å². The van der Waals surface area contributed by atoms with Crippen molar-refractivity contribution < 1.29 is 0 Å². The smallest absolute Gasteiger partial charge is 0.0622 e. The molecule has 1 aromatic carbocycles. The largest absolute Gasteiger partial charge is 0.387 e. The molecule has 0 aliphatic heterocycles. The SMILES string of the molecule is CNc1cncc(Nc2ccccc2N(C)C)c1. The van der Waals surface area contributed by atoms with Crippen LogP contribution in [0.15, 0.2) is 42.7 Å². The van der Waals surface area contributed by atoms with E-state index in [4.69, 9.17) is 0 Å². The van der Waals surface area contributed by atoms with Crippen molar-refractivity contribution in [2.45, 2.75) is 0 Å². The number of pyridine rings is 1. The third-order valence-electron chi connectivity index (χ3n) is 2.69. The fourth-order valence-electron chi connectivity index (χ4n) is 1.77. The van der Waals surface area contributed by atoms with Gasteiger partial charge in [-0.1, -0.05) is 12.1 Å². The number of hydrogen-bond acceptors (Lipinski definition) is 4. The molecule has 2 aromatic rings. The zero-order chi connectivity index (χ0) is 13.0. The van der Waals surface area contributed by atoms with Crippen LogP contribution in [0, 0.1) is 0 Å². The van der Waals surface area contributed by atoms with E-state index in [0.717, 1.165) is 22.7 Å². The summed E-state index contributed by atoms with van der Waals surface area (Å²) in [5.74, 6) is 0. The fourth-order valence-corrected chi connectivity index (χ4v) is 1.77. The molecule has 0 unspecified atom stereocenters. The van der Waals surface area contributed by atoms with Gasteiger partial charge in [0.2, 0.25) is 0 Å². The van der Waals surface area contributed by atoms with Crippen LogP contribution in [0.1, 0.15) is 0 Å². The lowest BCUT2D eigenvalue weighted by Crippen LogP contribution is -2.10. The predicted molar refractivity (Wildman–Crippen MR) is 77.8 cm³/mol. The molecule has 0 fully saturated rings. The minimum atomic E-state index is 0.969. The van der Waals surface area contributed by atoms with E-state index in [1.165, 1.54) is 0 Å². The van der Waals surface area contributed by atoms with Gasteiger partial charge in [-0.3, -0.25) is 4.98 Å². The van der Waals surface area contributed by atoms with E-state index in [2.05, 4.69) is 32.7 Å². The van der Waals surface area contributed by atoms with Crippen LogP contribution in [0.2, 0.25) is 0 Å². The molecule has 1 heterocycles. The quantitative estimate of drug-likeness (QED) is 0.865. The molecule has 0 spiro atoms. The fraction of sp³-hybridized carbons (Fsp3) is 0.214. The van der Waals surface area contributed by atoms with Crippen molar-refractivity contribution in [3.8, 4) is 0 Å². The molecular weight excluding hydrogens is 224 g/mol. The lowest BCUT2D eigenvalue weighted by Gasteiger charge is -2.18. The van der Waals surface area contributed by atoms with Gasteiger partial charge in [-0.2, -0.15) is 0 Å². The monoisotopic (exact) mass is 242 g/mol. The van der Waals surface area contributed by atoms with Crippen LogP contribution in [0.25, 0.3) is 0 Å². The Balaban J connectivity index is 2.28. The highest BCUT2D eigenvalue weighted by Crippen LogP contribution is 2.27. The van der Waals surface area contributed by atoms with Crippen molar-refractivity contribution >= 4 is 22.7 Å². The van der Waals surface area contributed by atoms with Gasteiger partial charge in [0.15, 0.2) is 0 Å². The van der Waals surface area contributed by atoms with Gasteiger partial charge in [0.25, 0.3) is 0 Å². The molecule has 0 aliphatic rings. The maximum Gasteiger partial charge on any atom is 0.0622 e. The molecule has 4 nitrogen and oxygen atoms in total. The van der Waals surface area contributed by atoms with Crippen molar-refractivity contribution in [1.82, 2.24) is 4.98 Å². The Bertz CT molecular complexity index is 523. The maximum absolute atomic E-state index is 4.19. The molecule has 0 bridgehead atoms. The van der Waals surface area contributed by atoms with Gasteiger partial charge < -0.3 is 15.5 Å². The molecule has 0 saturated carbocycles. The van der Waals surface area contributed by atoms with Crippen molar-refractivity contribution in [1.29, 1.82) is 0 Å². The molecule has 1 aromatic heterocycles. The Morgan fingerprint density at radius 1 is 1.06 bits per heavy atom. The minimum absolute atomic E-state index is 0.969. The molecule has 4 heteroatoms. The van der Waals surface area contributed by atoms with Crippen molar-refractivity contribution in [3.63, 3.8) is 0 Å². The summed E-state index contributed by atoms with van der Waals surface area (Å²) in [6, 6.07) is 10.2. The third-order valence-corrected chi connectivity index (χ3v) is 2.69. The van der Waals surface area contributed by atoms with Gasteiger partial charge >= 0.3 is 0 Å². The van der Waals surface area contributed by atoms with Gasteiger partial charge in [-0.05, 0) is 18.2 Å². The van der Waals surface area contributed by atoms with Crippen LogP contribution in [-0.2, 0) is 0 Å². The zero-order valence-corrected chi connectivity index (χ0v) is 10.9. The topological polar surface area (TPSA) is 40.2 Å². The van der Waals surface area contributed by atoms with E-state index >= 15 is 0 Å². The molecule has 0 amide bonds. The van der Waals surface area contributed by atoms with Crippen LogP contribution in [-0.4, -0.2) is 26.1 Å². The van der Waals surface area contributed by atoms with Crippen molar-refractivity contribution in [2.24, 2.45) is 0 Å². The third kappa shape index (κ3) is 2.71. The summed E-state index contributed by atoms with van der Waals surface area (Å²) in [5.41, 5.74) is 4.17. The normalized spacial score (nSPS) is 9.94. The second-order valence-corrected chi connectivity index (χ2v) is 4.25. The second kappa shape index (κ2) is 5.40. The van der Waals surface area contributed by atoms with Gasteiger partial charge in [-0.15, -0.1) is 0 Å². The highest BCUT2D eigenvalue weighted by Gasteiger charge is 2.04. The van der Waals surface area contributed by atoms with Crippen LogP contribution in [0.5, 0.6) is 0 Å². The predicted octanol–water partition coefficient (Wildman–Crippen LogP) is 2.93. The van der Waals surface area contributed by atoms with E-state index in [0.29, 0.717) is 0 Å². The van der Waals surface area contributed by atoms with Gasteiger partial charge in [0.05, 0.1) is 35.1 Å². The highest BCUT2D eigenvalue weighted by molar-refractivity contribution is 5.75. The summed E-state index contributed by atoms with van der Waals surface area (Å²) in [6.45, 7) is 0. The number of nitrogens with zero attached hydrogens (tertiary/aromatic N) is 2. The van der Waals surface area contributed by atoms with Crippen LogP contribution in [0.4, 0.5) is 22.7 Å². The van der Waals surface area contributed by atoms with E-state index < -0.39 is 0 Å². The zero-order valence-electron chi connectivity index (χ0n) is 10.9. The maximum atomic E-state index is 4.19. The number of anilines is 4. The Kier molecular flexibility index (Phi) is 3.67. The minimum Gasteiger partial charge on any atom is -0.387 e. The van der Waals surface area contributed by atoms with E-state index in [9.17, 15) is 0 Å².